The molecule has 1 aromatic heterocycles. The van der Waals surface area contributed by atoms with Gasteiger partial charge in [0, 0.05) is 31.5 Å². The lowest BCUT2D eigenvalue weighted by molar-refractivity contribution is 0.701. The molecule has 0 saturated heterocycles. The summed E-state index contributed by atoms with van der Waals surface area (Å²) in [6.45, 7) is 4.70. The Morgan fingerprint density at radius 2 is 2.40 bits per heavy atom. The molecule has 1 aliphatic heterocycles. The van der Waals surface area contributed by atoms with Gasteiger partial charge in [0.05, 0.1) is 0 Å². The number of rotatable bonds is 2. The second-order valence-electron chi connectivity index (χ2n) is 3.67. The molecule has 15 heavy (non-hydrogen) atoms. The highest BCUT2D eigenvalue weighted by Crippen LogP contribution is 1.98. The second kappa shape index (κ2) is 4.77. The standard InChI is InChI=1S/C11H16N4/c1-9-3-4-10(7-14-9)8-15-11-12-5-2-6-13-11/h3-4,7H,2,5-6,8H2,1H3,(H2,12,13,15). The minimum Gasteiger partial charge on any atom is -0.356 e. The molecule has 2 heterocycles. The Balaban J connectivity index is 1.87. The first-order valence-electron chi connectivity index (χ1n) is 5.28. The maximum atomic E-state index is 4.34. The molecule has 2 N–H and O–H groups in total. The number of aryl methyl sites for hydroxylation is 1. The van der Waals surface area contributed by atoms with Crippen molar-refractivity contribution in [3.63, 3.8) is 0 Å². The maximum Gasteiger partial charge on any atom is 0.191 e. The van der Waals surface area contributed by atoms with Crippen LogP contribution in [0.5, 0.6) is 0 Å². The summed E-state index contributed by atoms with van der Waals surface area (Å²) in [6.07, 6.45) is 3.02. The first-order valence-corrected chi connectivity index (χ1v) is 5.28. The predicted octanol–water partition coefficient (Wildman–Crippen LogP) is 0.829. The minimum absolute atomic E-state index is 0.777. The highest BCUT2D eigenvalue weighted by Gasteiger charge is 2.02. The monoisotopic (exact) mass is 204 g/mol. The van der Waals surface area contributed by atoms with Gasteiger partial charge in [0.1, 0.15) is 0 Å². The third-order valence-corrected chi connectivity index (χ3v) is 2.33. The molecule has 2 rings (SSSR count). The van der Waals surface area contributed by atoms with Crippen molar-refractivity contribution in [2.24, 2.45) is 4.99 Å². The van der Waals surface area contributed by atoms with Crippen LogP contribution < -0.4 is 10.6 Å². The quantitative estimate of drug-likeness (QED) is 0.750. The molecule has 0 spiro atoms. The maximum absolute atomic E-state index is 4.34. The summed E-state index contributed by atoms with van der Waals surface area (Å²) in [4.78, 5) is 8.58. The highest BCUT2D eigenvalue weighted by atomic mass is 15.2. The van der Waals surface area contributed by atoms with Crippen LogP contribution in [-0.2, 0) is 6.54 Å². The molecule has 0 radical (unpaired) electrons. The zero-order chi connectivity index (χ0) is 10.5. The number of hydrogen-bond acceptors (Lipinski definition) is 4. The molecule has 80 valence electrons. The van der Waals surface area contributed by atoms with E-state index >= 15 is 0 Å². The minimum atomic E-state index is 0.777. The van der Waals surface area contributed by atoms with Crippen molar-refractivity contribution in [1.29, 1.82) is 0 Å². The molecule has 0 unspecified atom stereocenters. The molecule has 0 fully saturated rings. The van der Waals surface area contributed by atoms with Crippen LogP contribution in [0, 0.1) is 6.92 Å². The summed E-state index contributed by atoms with van der Waals surface area (Å²) in [6, 6.07) is 4.10. The van der Waals surface area contributed by atoms with E-state index in [1.165, 1.54) is 5.56 Å². The van der Waals surface area contributed by atoms with E-state index in [0.717, 1.165) is 37.7 Å². The van der Waals surface area contributed by atoms with Gasteiger partial charge in [-0.2, -0.15) is 0 Å². The lowest BCUT2D eigenvalue weighted by atomic mass is 10.2. The number of nitrogens with one attached hydrogen (secondary N) is 2. The fourth-order valence-electron chi connectivity index (χ4n) is 1.44. The van der Waals surface area contributed by atoms with Crippen LogP contribution in [-0.4, -0.2) is 24.0 Å². The largest absolute Gasteiger partial charge is 0.356 e. The number of nitrogens with zero attached hydrogens (tertiary/aromatic N) is 2. The van der Waals surface area contributed by atoms with Crippen molar-refractivity contribution >= 4 is 5.96 Å². The van der Waals surface area contributed by atoms with Gasteiger partial charge in [0.2, 0.25) is 0 Å². The van der Waals surface area contributed by atoms with E-state index in [-0.39, 0.29) is 0 Å². The molecule has 0 bridgehead atoms. The molecular formula is C11H16N4. The van der Waals surface area contributed by atoms with Crippen molar-refractivity contribution in [2.45, 2.75) is 19.9 Å². The molecule has 0 aliphatic carbocycles. The Morgan fingerprint density at radius 3 is 3.07 bits per heavy atom. The molecule has 4 nitrogen and oxygen atoms in total. The topological polar surface area (TPSA) is 49.3 Å². The smallest absolute Gasteiger partial charge is 0.191 e. The fourth-order valence-corrected chi connectivity index (χ4v) is 1.44. The average molecular weight is 204 g/mol. The number of pyridine rings is 1. The van der Waals surface area contributed by atoms with E-state index in [2.05, 4.69) is 26.7 Å². The van der Waals surface area contributed by atoms with Crippen LogP contribution in [0.4, 0.5) is 0 Å². The summed E-state index contributed by atoms with van der Waals surface area (Å²) in [5.74, 6) is 0.904. The molecule has 1 aliphatic rings. The van der Waals surface area contributed by atoms with Crippen LogP contribution in [0.3, 0.4) is 0 Å². The van der Waals surface area contributed by atoms with E-state index in [4.69, 9.17) is 0 Å². The number of aromatic nitrogens is 1. The molecule has 0 atom stereocenters. The van der Waals surface area contributed by atoms with Crippen LogP contribution in [0.15, 0.2) is 23.3 Å². The number of guanidine groups is 1. The third kappa shape index (κ3) is 2.94. The summed E-state index contributed by atoms with van der Waals surface area (Å²) < 4.78 is 0. The first kappa shape index (κ1) is 9.96. The Labute approximate surface area is 89.8 Å². The normalized spacial score (nSPS) is 15.4. The van der Waals surface area contributed by atoms with Crippen LogP contribution in [0.25, 0.3) is 0 Å². The van der Waals surface area contributed by atoms with Crippen molar-refractivity contribution < 1.29 is 0 Å². The summed E-state index contributed by atoms with van der Waals surface area (Å²) in [7, 11) is 0. The number of hydrogen-bond donors (Lipinski definition) is 2. The highest BCUT2D eigenvalue weighted by molar-refractivity contribution is 5.80. The zero-order valence-corrected chi connectivity index (χ0v) is 8.95. The Bertz CT molecular complexity index is 342. The van der Waals surface area contributed by atoms with Gasteiger partial charge in [-0.1, -0.05) is 6.07 Å². The van der Waals surface area contributed by atoms with E-state index < -0.39 is 0 Å². The van der Waals surface area contributed by atoms with Gasteiger partial charge in [0.25, 0.3) is 0 Å². The van der Waals surface area contributed by atoms with E-state index in [1.54, 1.807) is 0 Å². The van der Waals surface area contributed by atoms with Gasteiger partial charge in [-0.15, -0.1) is 0 Å². The Morgan fingerprint density at radius 1 is 1.47 bits per heavy atom. The average Bonchev–Trinajstić information content (AvgIpc) is 2.30. The van der Waals surface area contributed by atoms with Gasteiger partial charge in [-0.3, -0.25) is 9.98 Å². The lowest BCUT2D eigenvalue weighted by Gasteiger charge is -2.15. The third-order valence-electron chi connectivity index (χ3n) is 2.33. The summed E-state index contributed by atoms with van der Waals surface area (Å²) >= 11 is 0. The Kier molecular flexibility index (Phi) is 3.17. The van der Waals surface area contributed by atoms with Crippen molar-refractivity contribution in [1.82, 2.24) is 15.6 Å². The summed E-state index contributed by atoms with van der Waals surface area (Å²) in [5, 5.41) is 6.48. The molecule has 4 heteroatoms. The van der Waals surface area contributed by atoms with Crippen molar-refractivity contribution in [2.75, 3.05) is 13.1 Å². The lowest BCUT2D eigenvalue weighted by Crippen LogP contribution is -2.40. The van der Waals surface area contributed by atoms with Crippen LogP contribution >= 0.6 is 0 Å². The molecular weight excluding hydrogens is 188 g/mol. The van der Waals surface area contributed by atoms with E-state index in [0.29, 0.717) is 0 Å². The first-order chi connectivity index (χ1) is 7.34. The van der Waals surface area contributed by atoms with E-state index in [9.17, 15) is 0 Å². The second-order valence-corrected chi connectivity index (χ2v) is 3.67. The summed E-state index contributed by atoms with van der Waals surface area (Å²) in [5.41, 5.74) is 2.22. The number of aliphatic imine (C=N–C) groups is 1. The molecule has 0 amide bonds. The van der Waals surface area contributed by atoms with Crippen molar-refractivity contribution in [3.8, 4) is 0 Å². The predicted molar refractivity (Wildman–Crippen MR) is 60.7 cm³/mol. The fraction of sp³-hybridized carbons (Fsp3) is 0.455. The molecule has 1 aromatic rings. The SMILES string of the molecule is Cc1ccc(CNC2=NCCCN2)cn1. The van der Waals surface area contributed by atoms with Crippen LogP contribution in [0.1, 0.15) is 17.7 Å². The van der Waals surface area contributed by atoms with Gasteiger partial charge >= 0.3 is 0 Å². The van der Waals surface area contributed by atoms with Gasteiger partial charge in [-0.05, 0) is 25.0 Å². The van der Waals surface area contributed by atoms with E-state index in [1.807, 2.05) is 19.2 Å². The van der Waals surface area contributed by atoms with Gasteiger partial charge in [0.15, 0.2) is 5.96 Å². The molecule has 0 saturated carbocycles. The van der Waals surface area contributed by atoms with Crippen LogP contribution in [0.2, 0.25) is 0 Å². The van der Waals surface area contributed by atoms with Gasteiger partial charge in [-0.25, -0.2) is 0 Å². The van der Waals surface area contributed by atoms with Crippen molar-refractivity contribution in [3.05, 3.63) is 29.6 Å². The zero-order valence-electron chi connectivity index (χ0n) is 8.95. The Hall–Kier alpha value is -1.58. The van der Waals surface area contributed by atoms with Gasteiger partial charge < -0.3 is 10.6 Å². The molecule has 0 aromatic carbocycles.